The molecule has 2 aliphatic heterocycles. The molecule has 0 radical (unpaired) electrons. The van der Waals surface area contributed by atoms with Crippen LogP contribution in [-0.4, -0.2) is 77.1 Å². The maximum absolute atomic E-state index is 13.1. The van der Waals surface area contributed by atoms with Crippen LogP contribution in [0.3, 0.4) is 0 Å². The average Bonchev–Trinajstić information content (AvgIpc) is 3.36. The summed E-state index contributed by atoms with van der Waals surface area (Å²) < 4.78 is 7.58. The zero-order chi connectivity index (χ0) is 18.9. The molecule has 27 heavy (non-hydrogen) atoms. The number of carbonyl (C=O) groups is 1. The van der Waals surface area contributed by atoms with E-state index in [0.29, 0.717) is 6.04 Å². The molecule has 150 valence electrons. The summed E-state index contributed by atoms with van der Waals surface area (Å²) >= 11 is 0. The fraction of sp³-hybridized carbons (Fsp3) is 0.800. The number of aromatic nitrogens is 2. The molecule has 1 aromatic rings. The third kappa shape index (κ3) is 4.14. The quantitative estimate of drug-likeness (QED) is 0.875. The third-order valence-electron chi connectivity index (χ3n) is 6.40. The van der Waals surface area contributed by atoms with Crippen LogP contribution in [0.5, 0.6) is 0 Å². The van der Waals surface area contributed by atoms with Crippen LogP contribution in [-0.2, 0) is 4.74 Å². The second-order valence-corrected chi connectivity index (χ2v) is 8.57. The van der Waals surface area contributed by atoms with Crippen molar-refractivity contribution in [1.29, 1.82) is 0 Å². The van der Waals surface area contributed by atoms with Crippen molar-refractivity contribution < 1.29 is 9.53 Å². The first kappa shape index (κ1) is 18.7. The van der Waals surface area contributed by atoms with E-state index >= 15 is 0 Å². The maximum atomic E-state index is 13.1. The van der Waals surface area contributed by atoms with Gasteiger partial charge in [0.15, 0.2) is 0 Å². The second kappa shape index (κ2) is 7.80. The van der Waals surface area contributed by atoms with Crippen molar-refractivity contribution in [3.63, 3.8) is 0 Å². The summed E-state index contributed by atoms with van der Waals surface area (Å²) in [6.07, 6.45) is 5.57. The summed E-state index contributed by atoms with van der Waals surface area (Å²) in [6.45, 7) is 10.2. The molecule has 3 fully saturated rings. The maximum Gasteiger partial charge on any atom is 0.317 e. The Bertz CT molecular complexity index is 661. The fourth-order valence-electron chi connectivity index (χ4n) is 5.01. The van der Waals surface area contributed by atoms with Gasteiger partial charge < -0.3 is 15.0 Å². The zero-order valence-corrected chi connectivity index (χ0v) is 16.7. The van der Waals surface area contributed by atoms with Gasteiger partial charge in [0.25, 0.3) is 0 Å². The van der Waals surface area contributed by atoms with E-state index in [2.05, 4.69) is 33.0 Å². The van der Waals surface area contributed by atoms with Crippen molar-refractivity contribution in [2.75, 3.05) is 45.9 Å². The highest BCUT2D eigenvalue weighted by Gasteiger charge is 2.39. The number of nitrogens with one attached hydrogen (secondary N) is 1. The number of rotatable bonds is 4. The van der Waals surface area contributed by atoms with Crippen LogP contribution < -0.4 is 5.32 Å². The van der Waals surface area contributed by atoms with Crippen molar-refractivity contribution in [2.45, 2.75) is 57.5 Å². The number of hydrogen-bond acceptors (Lipinski definition) is 4. The van der Waals surface area contributed by atoms with Crippen LogP contribution in [0, 0.1) is 13.8 Å². The lowest BCUT2D eigenvalue weighted by atomic mass is 9.96. The highest BCUT2D eigenvalue weighted by Crippen LogP contribution is 2.32. The minimum atomic E-state index is -0.0648. The lowest BCUT2D eigenvalue weighted by Gasteiger charge is -2.38. The van der Waals surface area contributed by atoms with Gasteiger partial charge in [-0.25, -0.2) is 4.79 Å². The number of hydrogen-bond donors (Lipinski definition) is 1. The number of nitrogens with zero attached hydrogens (tertiary/aromatic N) is 4. The van der Waals surface area contributed by atoms with Crippen LogP contribution in [0.1, 0.15) is 49.5 Å². The van der Waals surface area contributed by atoms with Crippen LogP contribution in [0.25, 0.3) is 0 Å². The van der Waals surface area contributed by atoms with Crippen molar-refractivity contribution >= 4 is 6.03 Å². The largest absolute Gasteiger partial charge is 0.379 e. The van der Waals surface area contributed by atoms with Crippen LogP contribution in [0.4, 0.5) is 4.79 Å². The Labute approximate surface area is 162 Å². The van der Waals surface area contributed by atoms with E-state index in [1.165, 1.54) is 18.5 Å². The number of likely N-dealkylation sites (tertiary alicyclic amines) is 1. The van der Waals surface area contributed by atoms with Gasteiger partial charge in [-0.3, -0.25) is 9.58 Å². The van der Waals surface area contributed by atoms with E-state index in [9.17, 15) is 4.79 Å². The molecule has 0 bridgehead atoms. The molecule has 1 atom stereocenters. The van der Waals surface area contributed by atoms with Crippen molar-refractivity contribution in [1.82, 2.24) is 24.9 Å². The molecule has 1 N–H and O–H groups in total. The molecule has 3 heterocycles. The first-order valence-electron chi connectivity index (χ1n) is 10.4. The first-order valence-corrected chi connectivity index (χ1v) is 10.4. The standard InChI is InChI=1S/C20H33N5O2/c1-16-13-17(2)25(22-16)18-5-8-24(14-18)19(26)21-20(6-3-4-7-20)15-23-9-11-27-12-10-23/h13,18H,3-12,14-15H2,1-2H3,(H,21,26)/t18-/m1/s1. The molecule has 1 aromatic heterocycles. The van der Waals surface area contributed by atoms with Crippen molar-refractivity contribution in [2.24, 2.45) is 0 Å². The molecule has 7 heteroatoms. The van der Waals surface area contributed by atoms with Gasteiger partial charge in [-0.05, 0) is 39.2 Å². The van der Waals surface area contributed by atoms with E-state index in [1.54, 1.807) is 0 Å². The lowest BCUT2D eigenvalue weighted by Crippen LogP contribution is -2.58. The number of aryl methyl sites for hydroxylation is 2. The number of ether oxygens (including phenoxy) is 1. The first-order chi connectivity index (χ1) is 13.0. The van der Waals surface area contributed by atoms with Gasteiger partial charge in [0.2, 0.25) is 0 Å². The summed E-state index contributed by atoms with van der Waals surface area (Å²) in [5, 5.41) is 8.07. The van der Waals surface area contributed by atoms with Crippen molar-refractivity contribution in [3.05, 3.63) is 17.5 Å². The lowest BCUT2D eigenvalue weighted by molar-refractivity contribution is 0.0246. The molecule has 0 unspecified atom stereocenters. The van der Waals surface area contributed by atoms with Gasteiger partial charge >= 0.3 is 6.03 Å². The molecular weight excluding hydrogens is 342 g/mol. The molecule has 4 rings (SSSR count). The molecular formula is C20H33N5O2. The Hall–Kier alpha value is -1.60. The highest BCUT2D eigenvalue weighted by molar-refractivity contribution is 5.75. The predicted octanol–water partition coefficient (Wildman–Crippen LogP) is 2.10. The smallest absolute Gasteiger partial charge is 0.317 e. The summed E-state index contributed by atoms with van der Waals surface area (Å²) in [7, 11) is 0. The Morgan fingerprint density at radius 2 is 2.00 bits per heavy atom. The molecule has 7 nitrogen and oxygen atoms in total. The number of amides is 2. The van der Waals surface area contributed by atoms with Gasteiger partial charge in [0.05, 0.1) is 30.5 Å². The Morgan fingerprint density at radius 1 is 1.26 bits per heavy atom. The van der Waals surface area contributed by atoms with E-state index in [0.717, 1.165) is 70.9 Å². The topological polar surface area (TPSA) is 62.6 Å². The van der Waals surface area contributed by atoms with Gasteiger partial charge in [-0.1, -0.05) is 12.8 Å². The van der Waals surface area contributed by atoms with Crippen LogP contribution >= 0.6 is 0 Å². The second-order valence-electron chi connectivity index (χ2n) is 8.57. The summed E-state index contributed by atoms with van der Waals surface area (Å²) in [6, 6.07) is 2.51. The average molecular weight is 376 g/mol. The minimum absolute atomic E-state index is 0.0648. The molecule has 1 saturated carbocycles. The minimum Gasteiger partial charge on any atom is -0.379 e. The molecule has 2 saturated heterocycles. The zero-order valence-electron chi connectivity index (χ0n) is 16.7. The van der Waals surface area contributed by atoms with E-state index in [4.69, 9.17) is 4.74 Å². The van der Waals surface area contributed by atoms with Crippen LogP contribution in [0.15, 0.2) is 6.07 Å². The van der Waals surface area contributed by atoms with E-state index < -0.39 is 0 Å². The third-order valence-corrected chi connectivity index (χ3v) is 6.40. The Kier molecular flexibility index (Phi) is 5.41. The van der Waals surface area contributed by atoms with E-state index in [1.807, 2.05) is 11.8 Å². The summed E-state index contributed by atoms with van der Waals surface area (Å²) in [4.78, 5) is 17.5. The van der Waals surface area contributed by atoms with Gasteiger partial charge in [0, 0.05) is 38.4 Å². The molecule has 3 aliphatic rings. The van der Waals surface area contributed by atoms with E-state index in [-0.39, 0.29) is 11.6 Å². The van der Waals surface area contributed by atoms with Gasteiger partial charge in [-0.15, -0.1) is 0 Å². The molecule has 0 spiro atoms. The Balaban J connectivity index is 1.37. The SMILES string of the molecule is Cc1cc(C)n([C@@H]2CCN(C(=O)NC3(CN4CCOCC4)CCCC3)C2)n1. The monoisotopic (exact) mass is 375 g/mol. The fourth-order valence-corrected chi connectivity index (χ4v) is 5.01. The number of urea groups is 1. The van der Waals surface area contributed by atoms with Crippen LogP contribution in [0.2, 0.25) is 0 Å². The normalized spacial score (nSPS) is 25.9. The van der Waals surface area contributed by atoms with Crippen molar-refractivity contribution in [3.8, 4) is 0 Å². The molecule has 0 aromatic carbocycles. The van der Waals surface area contributed by atoms with Gasteiger partial charge in [0.1, 0.15) is 0 Å². The summed E-state index contributed by atoms with van der Waals surface area (Å²) in [5.74, 6) is 0. The molecule has 2 amide bonds. The summed E-state index contributed by atoms with van der Waals surface area (Å²) in [5.41, 5.74) is 2.16. The highest BCUT2D eigenvalue weighted by atomic mass is 16.5. The predicted molar refractivity (Wildman–Crippen MR) is 104 cm³/mol. The number of morpholine rings is 1. The Morgan fingerprint density at radius 3 is 2.67 bits per heavy atom. The molecule has 1 aliphatic carbocycles. The number of carbonyl (C=O) groups excluding carboxylic acids is 1. The van der Waals surface area contributed by atoms with Gasteiger partial charge in [-0.2, -0.15) is 5.10 Å².